The molecule has 1 aromatic carbocycles. The molecule has 4 nitrogen and oxygen atoms in total. The number of nitrogens with zero attached hydrogens (tertiary/aromatic N) is 2. The number of ether oxygens (including phenoxy) is 1. The molecule has 1 aliphatic carbocycles. The standard InChI is InChI=1S/C21H22N2O2/c1-3-12-10-23-16-8-13(12)18-17(23)9-21(20(18)25-11(2)24)14-6-4-5-7-15(14)22-19(16)21/h3-7,13,16-18,20H,8-10H2,1-2H3/t13?,16-,17?,18+,20?,21+/m0/s1. The first-order chi connectivity index (χ1) is 12.1. The lowest BCUT2D eigenvalue weighted by molar-refractivity contribution is -0.152. The van der Waals surface area contributed by atoms with Gasteiger partial charge in [0.05, 0.1) is 22.9 Å². The van der Waals surface area contributed by atoms with Gasteiger partial charge in [0.1, 0.15) is 6.10 Å². The van der Waals surface area contributed by atoms with E-state index in [9.17, 15) is 4.79 Å². The molecule has 1 saturated carbocycles. The number of fused-ring (bicyclic) bond motifs is 2. The van der Waals surface area contributed by atoms with E-state index >= 15 is 0 Å². The van der Waals surface area contributed by atoms with Crippen molar-refractivity contribution < 1.29 is 9.53 Å². The first kappa shape index (κ1) is 14.3. The van der Waals surface area contributed by atoms with Crippen LogP contribution in [0.5, 0.6) is 0 Å². The van der Waals surface area contributed by atoms with E-state index in [1.54, 1.807) is 6.92 Å². The number of piperidine rings is 4. The van der Waals surface area contributed by atoms with Gasteiger partial charge in [-0.3, -0.25) is 14.7 Å². The van der Waals surface area contributed by atoms with E-state index in [4.69, 9.17) is 9.73 Å². The van der Waals surface area contributed by atoms with Gasteiger partial charge in [0, 0.05) is 25.4 Å². The van der Waals surface area contributed by atoms with Crippen LogP contribution in [0.1, 0.15) is 32.3 Å². The maximum absolute atomic E-state index is 12.0. The molecule has 0 aromatic heterocycles. The lowest BCUT2D eigenvalue weighted by atomic mass is 9.66. The van der Waals surface area contributed by atoms with Crippen molar-refractivity contribution in [2.45, 2.75) is 50.3 Å². The first-order valence-electron chi connectivity index (χ1n) is 9.42. The second kappa shape index (κ2) is 4.42. The predicted molar refractivity (Wildman–Crippen MR) is 95.0 cm³/mol. The highest BCUT2D eigenvalue weighted by atomic mass is 16.5. The summed E-state index contributed by atoms with van der Waals surface area (Å²) in [5.41, 5.74) is 5.00. The van der Waals surface area contributed by atoms with Crippen molar-refractivity contribution in [1.29, 1.82) is 0 Å². The molecule has 0 N–H and O–H groups in total. The monoisotopic (exact) mass is 334 g/mol. The van der Waals surface area contributed by atoms with Crippen molar-refractivity contribution in [2.75, 3.05) is 6.54 Å². The Morgan fingerprint density at radius 1 is 1.40 bits per heavy atom. The Balaban J connectivity index is 1.62. The molecule has 4 heteroatoms. The molecular formula is C21H22N2O2. The van der Waals surface area contributed by atoms with Crippen LogP contribution in [0.25, 0.3) is 0 Å². The molecule has 0 radical (unpaired) electrons. The highest BCUT2D eigenvalue weighted by molar-refractivity contribution is 6.08. The minimum Gasteiger partial charge on any atom is -0.461 e. The van der Waals surface area contributed by atoms with Gasteiger partial charge in [-0.15, -0.1) is 0 Å². The Morgan fingerprint density at radius 2 is 2.24 bits per heavy atom. The average Bonchev–Trinajstić information content (AvgIpc) is 3.09. The van der Waals surface area contributed by atoms with Crippen LogP contribution < -0.4 is 0 Å². The third-order valence-corrected chi connectivity index (χ3v) is 7.48. The molecule has 5 aliphatic heterocycles. The van der Waals surface area contributed by atoms with Crippen molar-refractivity contribution >= 4 is 17.4 Å². The summed E-state index contributed by atoms with van der Waals surface area (Å²) in [6.07, 6.45) is 4.40. The Bertz CT molecular complexity index is 872. The Kier molecular flexibility index (Phi) is 2.52. The van der Waals surface area contributed by atoms with Gasteiger partial charge in [0.15, 0.2) is 0 Å². The SMILES string of the molecule is CC=C1CN2C3C[C@]45C(=Nc6ccccc64)[C@@H]2CC1[C@H]3C5OC(C)=O. The van der Waals surface area contributed by atoms with Gasteiger partial charge >= 0.3 is 5.97 Å². The van der Waals surface area contributed by atoms with E-state index in [0.717, 1.165) is 25.1 Å². The number of aliphatic imine (C=N–C) groups is 1. The molecular weight excluding hydrogens is 312 g/mol. The van der Waals surface area contributed by atoms with E-state index in [2.05, 4.69) is 42.2 Å². The summed E-state index contributed by atoms with van der Waals surface area (Å²) >= 11 is 0. The van der Waals surface area contributed by atoms with Crippen LogP contribution in [0.3, 0.4) is 0 Å². The van der Waals surface area contributed by atoms with Crippen LogP contribution in [0.2, 0.25) is 0 Å². The normalized spacial score (nSPS) is 46.2. The first-order valence-corrected chi connectivity index (χ1v) is 9.42. The number of carbonyl (C=O) groups excluding carboxylic acids is 1. The zero-order valence-corrected chi connectivity index (χ0v) is 14.6. The van der Waals surface area contributed by atoms with Crippen LogP contribution in [0.4, 0.5) is 5.69 Å². The van der Waals surface area contributed by atoms with E-state index in [1.807, 2.05) is 0 Å². The largest absolute Gasteiger partial charge is 0.461 e. The van der Waals surface area contributed by atoms with Crippen LogP contribution in [0.15, 0.2) is 40.9 Å². The molecule has 1 spiro atoms. The van der Waals surface area contributed by atoms with Gasteiger partial charge in [-0.2, -0.15) is 0 Å². The smallest absolute Gasteiger partial charge is 0.302 e. The van der Waals surface area contributed by atoms with Gasteiger partial charge < -0.3 is 4.74 Å². The minimum atomic E-state index is -0.184. The summed E-state index contributed by atoms with van der Waals surface area (Å²) in [4.78, 5) is 19.8. The fourth-order valence-electron chi connectivity index (χ4n) is 6.78. The molecule has 1 aromatic rings. The molecule has 4 unspecified atom stereocenters. The molecule has 0 amide bonds. The highest BCUT2D eigenvalue weighted by Gasteiger charge is 2.73. The molecule has 6 aliphatic rings. The Hall–Kier alpha value is -1.94. The van der Waals surface area contributed by atoms with Gasteiger partial charge in [0.25, 0.3) is 0 Å². The van der Waals surface area contributed by atoms with Crippen molar-refractivity contribution in [1.82, 2.24) is 4.90 Å². The number of hydrogen-bond donors (Lipinski definition) is 0. The summed E-state index contributed by atoms with van der Waals surface area (Å²) in [5.74, 6) is 0.778. The van der Waals surface area contributed by atoms with Crippen molar-refractivity contribution in [3.63, 3.8) is 0 Å². The fourth-order valence-corrected chi connectivity index (χ4v) is 6.78. The fraction of sp³-hybridized carbons (Fsp3) is 0.524. The van der Waals surface area contributed by atoms with Crippen LogP contribution in [-0.4, -0.2) is 41.3 Å². The second-order valence-electron chi connectivity index (χ2n) is 8.26. The molecule has 5 heterocycles. The number of esters is 1. The lowest BCUT2D eigenvalue weighted by Gasteiger charge is -2.55. The van der Waals surface area contributed by atoms with Crippen LogP contribution in [0, 0.1) is 11.8 Å². The number of carbonyl (C=O) groups is 1. The van der Waals surface area contributed by atoms with Gasteiger partial charge in [0.2, 0.25) is 0 Å². The Labute approximate surface area is 147 Å². The number of para-hydroxylation sites is 1. The number of benzene rings is 1. The topological polar surface area (TPSA) is 41.9 Å². The van der Waals surface area contributed by atoms with Gasteiger partial charge in [-0.1, -0.05) is 29.8 Å². The van der Waals surface area contributed by atoms with Crippen molar-refractivity contribution in [2.24, 2.45) is 16.8 Å². The number of allylic oxidation sites excluding steroid dienone is 1. The maximum Gasteiger partial charge on any atom is 0.302 e. The maximum atomic E-state index is 12.0. The van der Waals surface area contributed by atoms with Crippen LogP contribution in [-0.2, 0) is 14.9 Å². The quantitative estimate of drug-likeness (QED) is 0.586. The molecule has 7 atom stereocenters. The summed E-state index contributed by atoms with van der Waals surface area (Å²) in [6, 6.07) is 9.42. The van der Waals surface area contributed by atoms with E-state index in [1.165, 1.54) is 16.8 Å². The minimum absolute atomic E-state index is 0.0763. The van der Waals surface area contributed by atoms with Crippen molar-refractivity contribution in [3.05, 3.63) is 41.5 Å². The lowest BCUT2D eigenvalue weighted by Crippen LogP contribution is -2.64. The average molecular weight is 334 g/mol. The van der Waals surface area contributed by atoms with E-state index in [0.29, 0.717) is 23.9 Å². The third kappa shape index (κ3) is 1.46. The van der Waals surface area contributed by atoms with Gasteiger partial charge in [-0.25, -0.2) is 0 Å². The van der Waals surface area contributed by atoms with Gasteiger partial charge in [-0.05, 0) is 37.3 Å². The molecule has 7 rings (SSSR count). The van der Waals surface area contributed by atoms with Crippen molar-refractivity contribution in [3.8, 4) is 0 Å². The molecule has 5 fully saturated rings. The summed E-state index contributed by atoms with van der Waals surface area (Å²) in [5, 5.41) is 0. The summed E-state index contributed by atoms with van der Waals surface area (Å²) in [7, 11) is 0. The third-order valence-electron chi connectivity index (χ3n) is 7.48. The molecule has 5 bridgehead atoms. The van der Waals surface area contributed by atoms with Crippen LogP contribution >= 0.6 is 0 Å². The number of rotatable bonds is 1. The predicted octanol–water partition coefficient (Wildman–Crippen LogP) is 2.99. The molecule has 25 heavy (non-hydrogen) atoms. The van der Waals surface area contributed by atoms with E-state index < -0.39 is 0 Å². The zero-order chi connectivity index (χ0) is 16.9. The molecule has 4 saturated heterocycles. The Morgan fingerprint density at radius 3 is 3.04 bits per heavy atom. The molecule has 128 valence electrons. The summed E-state index contributed by atoms with van der Waals surface area (Å²) in [6.45, 7) is 4.77. The number of hydrogen-bond acceptors (Lipinski definition) is 4. The zero-order valence-electron chi connectivity index (χ0n) is 14.6. The highest BCUT2D eigenvalue weighted by Crippen LogP contribution is 2.66. The second-order valence-corrected chi connectivity index (χ2v) is 8.26. The van der Waals surface area contributed by atoms with E-state index in [-0.39, 0.29) is 17.5 Å². The summed E-state index contributed by atoms with van der Waals surface area (Å²) < 4.78 is 6.09.